The first-order chi connectivity index (χ1) is 15.0. The molecule has 2 heterocycles. The highest BCUT2D eigenvalue weighted by Gasteiger charge is 2.31. The Balaban J connectivity index is 1.25. The summed E-state index contributed by atoms with van der Waals surface area (Å²) >= 11 is 0. The highest BCUT2D eigenvalue weighted by atomic mass is 16.5. The molecule has 2 N–H and O–H groups in total. The topological polar surface area (TPSA) is 52.1 Å². The molecule has 0 saturated carbocycles. The van der Waals surface area contributed by atoms with Crippen LogP contribution in [-0.2, 0) is 11.3 Å². The van der Waals surface area contributed by atoms with E-state index in [1.807, 2.05) is 7.05 Å². The first kappa shape index (κ1) is 24.0. The summed E-state index contributed by atoms with van der Waals surface area (Å²) in [6, 6.07) is 11.8. The maximum absolute atomic E-state index is 6.15. The number of hydrogen-bond donors (Lipinski definition) is 2. The Morgan fingerprint density at radius 3 is 2.55 bits per heavy atom. The van der Waals surface area contributed by atoms with E-state index in [-0.39, 0.29) is 0 Å². The highest BCUT2D eigenvalue weighted by molar-refractivity contribution is 5.80. The molecule has 6 heteroatoms. The van der Waals surface area contributed by atoms with Gasteiger partial charge in [0.25, 0.3) is 0 Å². The molecule has 0 spiro atoms. The van der Waals surface area contributed by atoms with Gasteiger partial charge in [-0.05, 0) is 44.6 Å². The van der Waals surface area contributed by atoms with Gasteiger partial charge in [-0.25, -0.2) is 0 Å². The molecule has 0 bridgehead atoms. The Kier molecular flexibility index (Phi) is 9.62. The predicted octanol–water partition coefficient (Wildman–Crippen LogP) is 2.95. The van der Waals surface area contributed by atoms with Gasteiger partial charge in [0.1, 0.15) is 0 Å². The van der Waals surface area contributed by atoms with E-state index in [2.05, 4.69) is 76.5 Å². The number of guanidine groups is 1. The molecule has 0 aliphatic carbocycles. The Hall–Kier alpha value is -1.63. The van der Waals surface area contributed by atoms with Gasteiger partial charge >= 0.3 is 0 Å². The molecule has 1 aromatic carbocycles. The van der Waals surface area contributed by atoms with Gasteiger partial charge in [-0.1, -0.05) is 37.3 Å². The maximum atomic E-state index is 6.15. The van der Waals surface area contributed by atoms with Gasteiger partial charge in [0.2, 0.25) is 0 Å². The summed E-state index contributed by atoms with van der Waals surface area (Å²) in [5.41, 5.74) is 1.40. The van der Waals surface area contributed by atoms with Gasteiger partial charge < -0.3 is 15.4 Å². The van der Waals surface area contributed by atoms with Crippen molar-refractivity contribution in [3.63, 3.8) is 0 Å². The van der Waals surface area contributed by atoms with Crippen LogP contribution in [0, 0.1) is 5.92 Å². The van der Waals surface area contributed by atoms with Crippen molar-refractivity contribution < 1.29 is 4.74 Å². The van der Waals surface area contributed by atoms with Gasteiger partial charge in [0.05, 0.1) is 6.10 Å². The number of benzene rings is 1. The number of aliphatic imine (C=N–C) groups is 1. The van der Waals surface area contributed by atoms with Crippen LogP contribution in [-0.4, -0.2) is 80.3 Å². The van der Waals surface area contributed by atoms with E-state index in [9.17, 15) is 0 Å². The Morgan fingerprint density at radius 2 is 1.90 bits per heavy atom. The molecule has 2 aliphatic heterocycles. The summed E-state index contributed by atoms with van der Waals surface area (Å²) in [6.45, 7) is 14.1. The summed E-state index contributed by atoms with van der Waals surface area (Å²) in [4.78, 5) is 9.49. The zero-order valence-corrected chi connectivity index (χ0v) is 20.0. The van der Waals surface area contributed by atoms with Crippen molar-refractivity contribution in [3.8, 4) is 0 Å². The van der Waals surface area contributed by atoms with E-state index >= 15 is 0 Å². The number of ether oxygens (including phenoxy) is 1. The molecule has 31 heavy (non-hydrogen) atoms. The first-order valence-corrected chi connectivity index (χ1v) is 12.1. The Morgan fingerprint density at radius 1 is 1.16 bits per heavy atom. The SMILES string of the molecule is CN=C(NCCCOC1CCN(Cc2ccccc2)CC1)NC1CN(C(C)C)CC1C. The molecular weight excluding hydrogens is 386 g/mol. The van der Waals surface area contributed by atoms with Crippen molar-refractivity contribution in [2.75, 3.05) is 46.4 Å². The molecule has 2 aliphatic rings. The van der Waals surface area contributed by atoms with Crippen LogP contribution in [0.1, 0.15) is 45.6 Å². The van der Waals surface area contributed by atoms with Crippen LogP contribution in [0.3, 0.4) is 0 Å². The van der Waals surface area contributed by atoms with Crippen molar-refractivity contribution in [2.24, 2.45) is 10.9 Å². The van der Waals surface area contributed by atoms with Crippen molar-refractivity contribution in [1.82, 2.24) is 20.4 Å². The minimum absolute atomic E-state index is 0.408. The number of hydrogen-bond acceptors (Lipinski definition) is 4. The Bertz CT molecular complexity index is 657. The van der Waals surface area contributed by atoms with Crippen LogP contribution in [0.2, 0.25) is 0 Å². The van der Waals surface area contributed by atoms with Crippen LogP contribution in [0.4, 0.5) is 0 Å². The molecule has 3 rings (SSSR count). The number of nitrogens with zero attached hydrogens (tertiary/aromatic N) is 3. The van der Waals surface area contributed by atoms with Gasteiger partial charge in [-0.3, -0.25) is 14.8 Å². The van der Waals surface area contributed by atoms with Crippen LogP contribution in [0.5, 0.6) is 0 Å². The maximum Gasteiger partial charge on any atom is 0.191 e. The third kappa shape index (κ3) is 7.78. The molecule has 1 aromatic rings. The fraction of sp³-hybridized carbons (Fsp3) is 0.720. The van der Waals surface area contributed by atoms with Crippen LogP contribution < -0.4 is 10.6 Å². The lowest BCUT2D eigenvalue weighted by Gasteiger charge is -2.32. The van der Waals surface area contributed by atoms with E-state index in [0.29, 0.717) is 24.1 Å². The van der Waals surface area contributed by atoms with Gasteiger partial charge in [-0.15, -0.1) is 0 Å². The summed E-state index contributed by atoms with van der Waals surface area (Å²) in [5, 5.41) is 7.08. The van der Waals surface area contributed by atoms with Gasteiger partial charge in [0, 0.05) is 65.0 Å². The van der Waals surface area contributed by atoms with Crippen LogP contribution in [0.25, 0.3) is 0 Å². The normalized spacial score (nSPS) is 24.1. The minimum Gasteiger partial charge on any atom is -0.378 e. The number of piperidine rings is 1. The van der Waals surface area contributed by atoms with Crippen molar-refractivity contribution in [3.05, 3.63) is 35.9 Å². The fourth-order valence-corrected chi connectivity index (χ4v) is 4.59. The van der Waals surface area contributed by atoms with Crippen LogP contribution >= 0.6 is 0 Å². The summed E-state index contributed by atoms with van der Waals surface area (Å²) in [5.74, 6) is 1.55. The third-order valence-electron chi connectivity index (χ3n) is 6.67. The monoisotopic (exact) mass is 429 g/mol. The van der Waals surface area contributed by atoms with E-state index in [0.717, 1.165) is 71.1 Å². The lowest BCUT2D eigenvalue weighted by atomic mass is 10.1. The van der Waals surface area contributed by atoms with Crippen molar-refractivity contribution in [2.45, 2.75) is 64.8 Å². The molecule has 2 atom stereocenters. The second-order valence-electron chi connectivity index (χ2n) is 9.46. The lowest BCUT2D eigenvalue weighted by Crippen LogP contribution is -2.47. The Labute approximate surface area is 189 Å². The van der Waals surface area contributed by atoms with Crippen LogP contribution in [0.15, 0.2) is 35.3 Å². The van der Waals surface area contributed by atoms with Gasteiger partial charge in [-0.2, -0.15) is 0 Å². The molecule has 2 saturated heterocycles. The predicted molar refractivity (Wildman–Crippen MR) is 129 cm³/mol. The number of nitrogens with one attached hydrogen (secondary N) is 2. The largest absolute Gasteiger partial charge is 0.378 e. The van der Waals surface area contributed by atoms with E-state index in [1.165, 1.54) is 5.56 Å². The minimum atomic E-state index is 0.408. The second kappa shape index (κ2) is 12.4. The molecule has 2 unspecified atom stereocenters. The summed E-state index contributed by atoms with van der Waals surface area (Å²) in [6.07, 6.45) is 3.68. The third-order valence-corrected chi connectivity index (χ3v) is 6.67. The molecule has 2 fully saturated rings. The first-order valence-electron chi connectivity index (χ1n) is 12.1. The lowest BCUT2D eigenvalue weighted by molar-refractivity contribution is 0.00534. The average molecular weight is 430 g/mol. The number of rotatable bonds is 9. The number of likely N-dealkylation sites (tertiary alicyclic amines) is 2. The molecule has 0 amide bonds. The highest BCUT2D eigenvalue weighted by Crippen LogP contribution is 2.19. The molecular formula is C25H43N5O. The fourth-order valence-electron chi connectivity index (χ4n) is 4.59. The zero-order valence-electron chi connectivity index (χ0n) is 20.0. The molecule has 6 nitrogen and oxygen atoms in total. The summed E-state index contributed by atoms with van der Waals surface area (Å²) < 4.78 is 6.15. The quantitative estimate of drug-likeness (QED) is 0.359. The van der Waals surface area contributed by atoms with E-state index in [4.69, 9.17) is 4.74 Å². The molecule has 0 radical (unpaired) electrons. The average Bonchev–Trinajstić information content (AvgIpc) is 3.15. The summed E-state index contributed by atoms with van der Waals surface area (Å²) in [7, 11) is 1.86. The molecule has 174 valence electrons. The van der Waals surface area contributed by atoms with Crippen molar-refractivity contribution >= 4 is 5.96 Å². The second-order valence-corrected chi connectivity index (χ2v) is 9.46. The van der Waals surface area contributed by atoms with Crippen molar-refractivity contribution in [1.29, 1.82) is 0 Å². The smallest absolute Gasteiger partial charge is 0.191 e. The standard InChI is InChI=1S/C25H43N5O/c1-20(2)30-17-21(3)24(19-30)28-25(26-4)27-13-8-16-31-23-11-14-29(15-12-23)18-22-9-6-5-7-10-22/h5-7,9-10,20-21,23-24H,8,11-19H2,1-4H3,(H2,26,27,28). The zero-order chi connectivity index (χ0) is 22.1. The van der Waals surface area contributed by atoms with E-state index in [1.54, 1.807) is 0 Å². The van der Waals surface area contributed by atoms with Gasteiger partial charge in [0.15, 0.2) is 5.96 Å². The molecule has 0 aromatic heterocycles. The van der Waals surface area contributed by atoms with E-state index < -0.39 is 0 Å².